The molecule has 1 aromatic carbocycles. The first-order valence-electron chi connectivity index (χ1n) is 4.54. The highest BCUT2D eigenvalue weighted by atomic mass is 19.1. The number of carboxylic acid groups (broad SMARTS) is 1. The second-order valence-electron chi connectivity index (χ2n) is 3.37. The molecule has 86 valence electrons. The van der Waals surface area contributed by atoms with Crippen LogP contribution in [0.3, 0.4) is 0 Å². The Morgan fingerprint density at radius 3 is 2.56 bits per heavy atom. The number of hydrogen-bond donors (Lipinski definition) is 4. The van der Waals surface area contributed by atoms with Gasteiger partial charge in [-0.2, -0.15) is 0 Å². The molecule has 0 amide bonds. The van der Waals surface area contributed by atoms with Gasteiger partial charge in [-0.25, -0.2) is 4.39 Å². The van der Waals surface area contributed by atoms with Crippen molar-refractivity contribution in [2.45, 2.75) is 12.5 Å². The van der Waals surface area contributed by atoms with E-state index in [-0.39, 0.29) is 17.4 Å². The lowest BCUT2D eigenvalue weighted by molar-refractivity contribution is -0.138. The van der Waals surface area contributed by atoms with Gasteiger partial charge < -0.3 is 20.9 Å². The third-order valence-corrected chi connectivity index (χ3v) is 2.13. The molecule has 0 bridgehead atoms. The third-order valence-electron chi connectivity index (χ3n) is 2.13. The SMILES string of the molecule is N[C@H](Cc1ccc(B(O)O)cc1F)C(=O)O. The van der Waals surface area contributed by atoms with Gasteiger partial charge in [0.15, 0.2) is 0 Å². The predicted molar refractivity (Wildman–Crippen MR) is 55.5 cm³/mol. The Labute approximate surface area is 91.5 Å². The lowest BCUT2D eigenvalue weighted by Gasteiger charge is -2.08. The van der Waals surface area contributed by atoms with E-state index in [2.05, 4.69) is 0 Å². The number of benzene rings is 1. The number of aliphatic carboxylic acids is 1. The maximum atomic E-state index is 13.4. The van der Waals surface area contributed by atoms with Gasteiger partial charge in [0.2, 0.25) is 0 Å². The quantitative estimate of drug-likeness (QED) is 0.466. The average Bonchev–Trinajstić information content (AvgIpc) is 2.20. The predicted octanol–water partition coefficient (Wildman–Crippen LogP) is -1.54. The average molecular weight is 227 g/mol. The maximum absolute atomic E-state index is 13.4. The number of carboxylic acids is 1. The Balaban J connectivity index is 2.87. The summed E-state index contributed by atoms with van der Waals surface area (Å²) in [5.74, 6) is -1.92. The summed E-state index contributed by atoms with van der Waals surface area (Å²) in [4.78, 5) is 10.5. The van der Waals surface area contributed by atoms with E-state index in [1.807, 2.05) is 0 Å². The first-order chi connectivity index (χ1) is 7.41. The van der Waals surface area contributed by atoms with Gasteiger partial charge in [0.25, 0.3) is 0 Å². The third kappa shape index (κ3) is 3.03. The highest BCUT2D eigenvalue weighted by Gasteiger charge is 2.17. The minimum atomic E-state index is -1.75. The topological polar surface area (TPSA) is 104 Å². The molecule has 0 aliphatic carbocycles. The zero-order chi connectivity index (χ0) is 12.3. The first-order valence-corrected chi connectivity index (χ1v) is 4.54. The molecule has 0 saturated heterocycles. The molecule has 0 heterocycles. The Hall–Kier alpha value is -1.44. The molecule has 16 heavy (non-hydrogen) atoms. The van der Waals surface area contributed by atoms with Crippen LogP contribution in [0.2, 0.25) is 0 Å². The molecule has 5 N–H and O–H groups in total. The molecule has 0 saturated carbocycles. The smallest absolute Gasteiger partial charge is 0.480 e. The number of carbonyl (C=O) groups is 1. The van der Waals surface area contributed by atoms with Crippen LogP contribution in [0.1, 0.15) is 5.56 Å². The van der Waals surface area contributed by atoms with E-state index in [0.717, 1.165) is 6.07 Å². The van der Waals surface area contributed by atoms with E-state index in [4.69, 9.17) is 20.9 Å². The van der Waals surface area contributed by atoms with Gasteiger partial charge in [-0.3, -0.25) is 4.79 Å². The molecular formula is C9H11BFNO4. The van der Waals surface area contributed by atoms with Crippen molar-refractivity contribution in [3.63, 3.8) is 0 Å². The van der Waals surface area contributed by atoms with Gasteiger partial charge in [0, 0.05) is 6.42 Å². The summed E-state index contributed by atoms with van der Waals surface area (Å²) in [5.41, 5.74) is 5.38. The Morgan fingerprint density at radius 2 is 2.12 bits per heavy atom. The van der Waals surface area contributed by atoms with E-state index < -0.39 is 24.9 Å². The van der Waals surface area contributed by atoms with E-state index in [1.165, 1.54) is 12.1 Å². The Morgan fingerprint density at radius 1 is 1.50 bits per heavy atom. The minimum absolute atomic E-state index is 0.00477. The summed E-state index contributed by atoms with van der Waals surface area (Å²) >= 11 is 0. The molecular weight excluding hydrogens is 216 g/mol. The number of rotatable bonds is 4. The standard InChI is InChI=1S/C9H11BFNO4/c11-7-4-6(10(15)16)2-1-5(7)3-8(12)9(13)14/h1-2,4,8,15-16H,3,12H2,(H,13,14)/t8-/m1/s1. The fourth-order valence-electron chi connectivity index (χ4n) is 1.21. The van der Waals surface area contributed by atoms with E-state index >= 15 is 0 Å². The molecule has 0 radical (unpaired) electrons. The van der Waals surface area contributed by atoms with Crippen LogP contribution in [-0.2, 0) is 11.2 Å². The maximum Gasteiger partial charge on any atom is 0.488 e. The normalized spacial score (nSPS) is 12.2. The zero-order valence-corrected chi connectivity index (χ0v) is 8.30. The summed E-state index contributed by atoms with van der Waals surface area (Å²) in [7, 11) is -1.75. The van der Waals surface area contributed by atoms with Crippen LogP contribution in [0.5, 0.6) is 0 Å². The molecule has 0 aliphatic heterocycles. The molecule has 1 aromatic rings. The number of hydrogen-bond acceptors (Lipinski definition) is 4. The van der Waals surface area contributed by atoms with Crippen LogP contribution in [0.4, 0.5) is 4.39 Å². The van der Waals surface area contributed by atoms with E-state index in [1.54, 1.807) is 0 Å². The van der Waals surface area contributed by atoms with Gasteiger partial charge in [-0.1, -0.05) is 12.1 Å². The molecule has 7 heteroatoms. The van der Waals surface area contributed by atoms with Crippen LogP contribution in [0.25, 0.3) is 0 Å². The molecule has 0 aromatic heterocycles. The fourth-order valence-corrected chi connectivity index (χ4v) is 1.21. The summed E-state index contributed by atoms with van der Waals surface area (Å²) < 4.78 is 13.4. The van der Waals surface area contributed by atoms with E-state index in [9.17, 15) is 9.18 Å². The summed E-state index contributed by atoms with van der Waals surface area (Å²) in [6.45, 7) is 0. The molecule has 0 aliphatic rings. The highest BCUT2D eigenvalue weighted by Crippen LogP contribution is 2.07. The fraction of sp³-hybridized carbons (Fsp3) is 0.222. The van der Waals surface area contributed by atoms with Gasteiger partial charge in [0.1, 0.15) is 11.9 Å². The number of nitrogens with two attached hydrogens (primary N) is 1. The van der Waals surface area contributed by atoms with Crippen LogP contribution >= 0.6 is 0 Å². The molecule has 0 spiro atoms. The molecule has 1 atom stereocenters. The van der Waals surface area contributed by atoms with Crippen LogP contribution < -0.4 is 11.2 Å². The monoisotopic (exact) mass is 227 g/mol. The van der Waals surface area contributed by atoms with Crippen molar-refractivity contribution < 1.29 is 24.3 Å². The largest absolute Gasteiger partial charge is 0.488 e. The summed E-state index contributed by atoms with van der Waals surface area (Å²) in [5, 5.41) is 26.1. The number of halogens is 1. The van der Waals surface area contributed by atoms with Crippen LogP contribution in [0, 0.1) is 5.82 Å². The van der Waals surface area contributed by atoms with Gasteiger partial charge in [-0.05, 0) is 17.1 Å². The Kier molecular flexibility index (Phi) is 4.00. The van der Waals surface area contributed by atoms with Crippen molar-refractivity contribution >= 4 is 18.6 Å². The zero-order valence-electron chi connectivity index (χ0n) is 8.30. The minimum Gasteiger partial charge on any atom is -0.480 e. The molecule has 1 rings (SSSR count). The van der Waals surface area contributed by atoms with Gasteiger partial charge >= 0.3 is 13.1 Å². The lowest BCUT2D eigenvalue weighted by atomic mass is 9.79. The van der Waals surface area contributed by atoms with E-state index in [0.29, 0.717) is 0 Å². The van der Waals surface area contributed by atoms with Crippen molar-refractivity contribution in [2.75, 3.05) is 0 Å². The van der Waals surface area contributed by atoms with Crippen molar-refractivity contribution in [3.8, 4) is 0 Å². The lowest BCUT2D eigenvalue weighted by Crippen LogP contribution is -2.33. The summed E-state index contributed by atoms with van der Waals surface area (Å²) in [6.07, 6.45) is -0.150. The second kappa shape index (κ2) is 5.06. The molecule has 0 unspecified atom stereocenters. The molecule has 5 nitrogen and oxygen atoms in total. The van der Waals surface area contributed by atoms with Crippen LogP contribution in [-0.4, -0.2) is 34.3 Å². The van der Waals surface area contributed by atoms with Crippen LogP contribution in [0.15, 0.2) is 18.2 Å². The van der Waals surface area contributed by atoms with Gasteiger partial charge in [-0.15, -0.1) is 0 Å². The second-order valence-corrected chi connectivity index (χ2v) is 3.37. The first kappa shape index (κ1) is 12.6. The molecule has 0 fully saturated rings. The Bertz CT molecular complexity index is 399. The summed E-state index contributed by atoms with van der Waals surface area (Å²) in [6, 6.07) is 2.35. The van der Waals surface area contributed by atoms with Gasteiger partial charge in [0.05, 0.1) is 0 Å². The van der Waals surface area contributed by atoms with Crippen molar-refractivity contribution in [3.05, 3.63) is 29.6 Å². The highest BCUT2D eigenvalue weighted by molar-refractivity contribution is 6.58. The van der Waals surface area contributed by atoms with Crippen molar-refractivity contribution in [1.82, 2.24) is 0 Å². The van der Waals surface area contributed by atoms with Crippen molar-refractivity contribution in [1.29, 1.82) is 0 Å². The van der Waals surface area contributed by atoms with Crippen molar-refractivity contribution in [2.24, 2.45) is 5.73 Å².